The van der Waals surface area contributed by atoms with Gasteiger partial charge in [-0.3, -0.25) is 0 Å². The van der Waals surface area contributed by atoms with E-state index in [9.17, 15) is 8.42 Å². The molecule has 1 unspecified atom stereocenters. The lowest BCUT2D eigenvalue weighted by Crippen LogP contribution is -2.35. The van der Waals surface area contributed by atoms with Crippen molar-refractivity contribution in [3.05, 3.63) is 0 Å². The molecule has 0 aromatic rings. The molecule has 1 fully saturated rings. The molecule has 1 rings (SSSR count). The fourth-order valence-corrected chi connectivity index (χ4v) is 2.44. The first kappa shape index (κ1) is 9.91. The summed E-state index contributed by atoms with van der Waals surface area (Å²) in [7, 11) is -3.06. The Morgan fingerprint density at radius 3 is 2.67 bits per heavy atom. The van der Waals surface area contributed by atoms with Crippen LogP contribution in [0.15, 0.2) is 0 Å². The van der Waals surface area contributed by atoms with Crippen molar-refractivity contribution < 1.29 is 18.2 Å². The molecule has 0 amide bonds. The van der Waals surface area contributed by atoms with Gasteiger partial charge >= 0.3 is 0 Å². The van der Waals surface area contributed by atoms with Crippen molar-refractivity contribution in [2.24, 2.45) is 5.73 Å². The summed E-state index contributed by atoms with van der Waals surface area (Å²) in [6, 6.07) is 0. The molecular weight excluding hydrogens is 182 g/mol. The molecule has 72 valence electrons. The third-order valence-corrected chi connectivity index (χ3v) is 3.96. The van der Waals surface area contributed by atoms with Crippen molar-refractivity contribution in [1.82, 2.24) is 0 Å². The monoisotopic (exact) mass is 195 g/mol. The smallest absolute Gasteiger partial charge is 0.156 e. The lowest BCUT2D eigenvalue weighted by molar-refractivity contribution is -0.311. The maximum absolute atomic E-state index is 11.4. The zero-order valence-corrected chi connectivity index (χ0v) is 7.55. The van der Waals surface area contributed by atoms with Crippen molar-refractivity contribution in [3.63, 3.8) is 0 Å². The summed E-state index contributed by atoms with van der Waals surface area (Å²) in [5, 5.41) is -0.435. The van der Waals surface area contributed by atoms with Crippen molar-refractivity contribution in [2.45, 2.75) is 11.7 Å². The molecule has 0 bridgehead atoms. The SMILES string of the molecule is NCCS(=O)(=O)C1CCOOC1. The van der Waals surface area contributed by atoms with E-state index >= 15 is 0 Å². The zero-order valence-electron chi connectivity index (χ0n) is 6.73. The van der Waals surface area contributed by atoms with E-state index in [4.69, 9.17) is 5.73 Å². The van der Waals surface area contributed by atoms with Crippen LogP contribution < -0.4 is 5.73 Å². The molecule has 0 radical (unpaired) electrons. The highest BCUT2D eigenvalue weighted by molar-refractivity contribution is 7.92. The van der Waals surface area contributed by atoms with Gasteiger partial charge in [0.15, 0.2) is 9.84 Å². The summed E-state index contributed by atoms with van der Waals surface area (Å²) in [5.74, 6) is 0.0288. The first-order chi connectivity index (χ1) is 5.67. The Morgan fingerprint density at radius 1 is 1.42 bits per heavy atom. The Morgan fingerprint density at radius 2 is 2.17 bits per heavy atom. The van der Waals surface area contributed by atoms with Crippen LogP contribution in [0.25, 0.3) is 0 Å². The minimum atomic E-state index is -3.06. The van der Waals surface area contributed by atoms with Crippen LogP contribution in [-0.4, -0.2) is 39.2 Å². The molecule has 2 N–H and O–H groups in total. The standard InChI is InChI=1S/C6H13NO4S/c7-2-4-12(8,9)6-1-3-10-11-5-6/h6H,1-5,7H2. The van der Waals surface area contributed by atoms with Crippen molar-refractivity contribution in [1.29, 1.82) is 0 Å². The first-order valence-corrected chi connectivity index (χ1v) is 5.54. The molecule has 1 aliphatic heterocycles. The predicted octanol–water partition coefficient (Wildman–Crippen LogP) is -0.920. The second-order valence-electron chi connectivity index (χ2n) is 2.67. The molecule has 12 heavy (non-hydrogen) atoms. The van der Waals surface area contributed by atoms with Crippen molar-refractivity contribution >= 4 is 9.84 Å². The van der Waals surface area contributed by atoms with Crippen molar-refractivity contribution in [2.75, 3.05) is 25.5 Å². The molecule has 1 atom stereocenters. The number of rotatable bonds is 3. The molecular formula is C6H13NO4S. The van der Waals surface area contributed by atoms with Crippen LogP contribution in [0, 0.1) is 0 Å². The highest BCUT2D eigenvalue weighted by Crippen LogP contribution is 2.12. The Balaban J connectivity index is 2.54. The largest absolute Gasteiger partial charge is 0.329 e. The predicted molar refractivity (Wildman–Crippen MR) is 43.2 cm³/mol. The van der Waals surface area contributed by atoms with Gasteiger partial charge in [0.05, 0.1) is 24.2 Å². The van der Waals surface area contributed by atoms with Crippen LogP contribution in [0.5, 0.6) is 0 Å². The number of nitrogens with two attached hydrogens (primary N) is 1. The maximum Gasteiger partial charge on any atom is 0.156 e. The summed E-state index contributed by atoms with van der Waals surface area (Å²) in [5.41, 5.74) is 5.17. The number of hydrogen-bond acceptors (Lipinski definition) is 5. The minimum absolute atomic E-state index is 0.0288. The van der Waals surface area contributed by atoms with E-state index in [1.807, 2.05) is 0 Å². The molecule has 0 aromatic heterocycles. The van der Waals surface area contributed by atoms with Gasteiger partial charge in [0, 0.05) is 6.54 Å². The van der Waals surface area contributed by atoms with Crippen LogP contribution in [0.2, 0.25) is 0 Å². The Labute approximate surface area is 71.7 Å². The van der Waals surface area contributed by atoms with Crippen LogP contribution in [0.1, 0.15) is 6.42 Å². The average Bonchev–Trinajstić information content (AvgIpc) is 2.06. The molecule has 5 nitrogen and oxygen atoms in total. The Hall–Kier alpha value is -0.170. The maximum atomic E-state index is 11.4. The third kappa shape index (κ3) is 2.41. The first-order valence-electron chi connectivity index (χ1n) is 3.83. The van der Waals surface area contributed by atoms with Gasteiger partial charge in [0.1, 0.15) is 0 Å². The quantitative estimate of drug-likeness (QED) is 0.589. The summed E-state index contributed by atoms with van der Waals surface area (Å²) in [6.45, 7) is 0.635. The van der Waals surface area contributed by atoms with E-state index in [1.54, 1.807) is 0 Å². The zero-order chi connectivity index (χ0) is 9.03. The lowest BCUT2D eigenvalue weighted by Gasteiger charge is -2.20. The lowest BCUT2D eigenvalue weighted by atomic mass is 10.3. The molecule has 0 spiro atoms. The molecule has 1 saturated heterocycles. The second kappa shape index (κ2) is 4.18. The van der Waals surface area contributed by atoms with Gasteiger partial charge < -0.3 is 5.73 Å². The van der Waals surface area contributed by atoms with Gasteiger partial charge in [-0.1, -0.05) is 0 Å². The number of sulfone groups is 1. The third-order valence-electron chi connectivity index (χ3n) is 1.77. The van der Waals surface area contributed by atoms with Crippen LogP contribution in [-0.2, 0) is 19.6 Å². The topological polar surface area (TPSA) is 78.6 Å². The van der Waals surface area contributed by atoms with E-state index in [0.29, 0.717) is 13.0 Å². The van der Waals surface area contributed by atoms with Gasteiger partial charge in [-0.05, 0) is 6.42 Å². The van der Waals surface area contributed by atoms with Crippen molar-refractivity contribution in [3.8, 4) is 0 Å². The van der Waals surface area contributed by atoms with Gasteiger partial charge in [-0.25, -0.2) is 18.2 Å². The summed E-state index contributed by atoms with van der Waals surface area (Å²) >= 11 is 0. The van der Waals surface area contributed by atoms with Gasteiger partial charge in [0.2, 0.25) is 0 Å². The number of hydrogen-bond donors (Lipinski definition) is 1. The highest BCUT2D eigenvalue weighted by atomic mass is 32.2. The summed E-state index contributed by atoms with van der Waals surface area (Å²) in [4.78, 5) is 9.17. The van der Waals surface area contributed by atoms with Crippen LogP contribution in [0.4, 0.5) is 0 Å². The van der Waals surface area contributed by atoms with Gasteiger partial charge in [-0.15, -0.1) is 0 Å². The fraction of sp³-hybridized carbons (Fsp3) is 1.00. The van der Waals surface area contributed by atoms with E-state index < -0.39 is 15.1 Å². The molecule has 0 aromatic carbocycles. The molecule has 6 heteroatoms. The van der Waals surface area contributed by atoms with Gasteiger partial charge in [0.25, 0.3) is 0 Å². The van der Waals surface area contributed by atoms with Crippen LogP contribution in [0.3, 0.4) is 0 Å². The molecule has 1 heterocycles. The molecule has 0 aliphatic carbocycles. The van der Waals surface area contributed by atoms with E-state index in [1.165, 1.54) is 0 Å². The minimum Gasteiger partial charge on any atom is -0.329 e. The summed E-state index contributed by atoms with van der Waals surface area (Å²) < 4.78 is 22.7. The summed E-state index contributed by atoms with van der Waals surface area (Å²) in [6.07, 6.45) is 0.502. The average molecular weight is 195 g/mol. The van der Waals surface area contributed by atoms with Gasteiger partial charge in [-0.2, -0.15) is 0 Å². The second-order valence-corrected chi connectivity index (χ2v) is 5.07. The normalized spacial score (nSPS) is 25.6. The Bertz CT molecular complexity index is 220. The van der Waals surface area contributed by atoms with E-state index in [2.05, 4.69) is 9.78 Å². The van der Waals surface area contributed by atoms with E-state index in [-0.39, 0.29) is 18.9 Å². The van der Waals surface area contributed by atoms with Crippen LogP contribution >= 0.6 is 0 Å². The molecule has 0 saturated carbocycles. The highest BCUT2D eigenvalue weighted by Gasteiger charge is 2.27. The molecule has 1 aliphatic rings. The fourth-order valence-electron chi connectivity index (χ4n) is 1.06. The Kier molecular flexibility index (Phi) is 3.45. The van der Waals surface area contributed by atoms with E-state index in [0.717, 1.165) is 0 Å².